The minimum absolute atomic E-state index is 0.0132. The van der Waals surface area contributed by atoms with E-state index in [1.54, 1.807) is 23.1 Å². The summed E-state index contributed by atoms with van der Waals surface area (Å²) in [7, 11) is -3.63. The van der Waals surface area contributed by atoms with E-state index < -0.39 is 15.6 Å². The molecule has 2 aliphatic rings. The molecule has 26 heavy (non-hydrogen) atoms. The molecule has 1 N–H and O–H groups in total. The lowest BCUT2D eigenvalue weighted by Crippen LogP contribution is -2.36. The Morgan fingerprint density at radius 1 is 1.12 bits per heavy atom. The Labute approximate surface area is 154 Å². The Morgan fingerprint density at radius 2 is 1.85 bits per heavy atom. The van der Waals surface area contributed by atoms with Crippen LogP contribution >= 0.6 is 0 Å². The SMILES string of the molecule is CC(=O)N1CCCc2cc(S(=O)(=O)NC3(c4ccccc4)CC3)ccc21. The van der Waals surface area contributed by atoms with E-state index in [1.165, 1.54) is 6.92 Å². The number of hydrogen-bond donors (Lipinski definition) is 1. The second-order valence-electron chi connectivity index (χ2n) is 7.12. The zero-order valence-corrected chi connectivity index (χ0v) is 15.6. The van der Waals surface area contributed by atoms with Crippen LogP contribution in [0.4, 0.5) is 5.69 Å². The van der Waals surface area contributed by atoms with Gasteiger partial charge in [0.1, 0.15) is 0 Å². The molecule has 1 amide bonds. The number of carbonyl (C=O) groups excluding carboxylic acids is 1. The predicted molar refractivity (Wildman–Crippen MR) is 100 cm³/mol. The first-order valence-corrected chi connectivity index (χ1v) is 10.4. The van der Waals surface area contributed by atoms with E-state index in [1.807, 2.05) is 30.3 Å². The van der Waals surface area contributed by atoms with E-state index in [-0.39, 0.29) is 10.8 Å². The lowest BCUT2D eigenvalue weighted by molar-refractivity contribution is -0.116. The number of benzene rings is 2. The number of nitrogens with one attached hydrogen (secondary N) is 1. The molecule has 4 rings (SSSR count). The third kappa shape index (κ3) is 3.04. The molecule has 1 aliphatic heterocycles. The van der Waals surface area contributed by atoms with Crippen LogP contribution in [0.5, 0.6) is 0 Å². The number of nitrogens with zero attached hydrogens (tertiary/aromatic N) is 1. The summed E-state index contributed by atoms with van der Waals surface area (Å²) in [6, 6.07) is 14.8. The first-order valence-electron chi connectivity index (χ1n) is 8.92. The van der Waals surface area contributed by atoms with Gasteiger partial charge in [-0.15, -0.1) is 0 Å². The van der Waals surface area contributed by atoms with E-state index in [9.17, 15) is 13.2 Å². The van der Waals surface area contributed by atoms with E-state index >= 15 is 0 Å². The Hall–Kier alpha value is -2.18. The molecule has 0 saturated heterocycles. The fraction of sp³-hybridized carbons (Fsp3) is 0.350. The van der Waals surface area contributed by atoms with E-state index in [0.717, 1.165) is 42.5 Å². The molecule has 0 aromatic heterocycles. The van der Waals surface area contributed by atoms with Crippen molar-refractivity contribution in [1.29, 1.82) is 0 Å². The Bertz CT molecular complexity index is 950. The Morgan fingerprint density at radius 3 is 2.50 bits per heavy atom. The highest BCUT2D eigenvalue weighted by Gasteiger charge is 2.47. The average molecular weight is 370 g/mol. The van der Waals surface area contributed by atoms with Gasteiger partial charge in [-0.05, 0) is 55.0 Å². The summed E-state index contributed by atoms with van der Waals surface area (Å²) in [5, 5.41) is 0. The van der Waals surface area contributed by atoms with Crippen LogP contribution < -0.4 is 9.62 Å². The van der Waals surface area contributed by atoms with Crippen molar-refractivity contribution in [2.45, 2.75) is 43.0 Å². The standard InChI is InChI=1S/C20H22N2O3S/c1-15(23)22-13-5-6-16-14-18(9-10-19(16)22)26(24,25)21-20(11-12-20)17-7-3-2-4-8-17/h2-4,7-10,14,21H,5-6,11-13H2,1H3. The third-order valence-electron chi connectivity index (χ3n) is 5.27. The Kier molecular flexibility index (Phi) is 4.12. The summed E-state index contributed by atoms with van der Waals surface area (Å²) in [6.07, 6.45) is 3.24. The van der Waals surface area contributed by atoms with Crippen LogP contribution in [0, 0.1) is 0 Å². The molecule has 2 aromatic rings. The topological polar surface area (TPSA) is 66.5 Å². The molecular formula is C20H22N2O3S. The first-order chi connectivity index (χ1) is 12.4. The largest absolute Gasteiger partial charge is 0.312 e. The molecule has 6 heteroatoms. The quantitative estimate of drug-likeness (QED) is 0.900. The monoisotopic (exact) mass is 370 g/mol. The molecule has 5 nitrogen and oxygen atoms in total. The first kappa shape index (κ1) is 17.2. The number of fused-ring (bicyclic) bond motifs is 1. The molecule has 1 heterocycles. The molecule has 0 bridgehead atoms. The summed E-state index contributed by atoms with van der Waals surface area (Å²) >= 11 is 0. The van der Waals surface area contributed by atoms with Crippen molar-refractivity contribution in [3.05, 3.63) is 59.7 Å². The average Bonchev–Trinajstić information content (AvgIpc) is 3.41. The van der Waals surface area contributed by atoms with E-state index in [0.29, 0.717) is 6.54 Å². The zero-order chi connectivity index (χ0) is 18.4. The van der Waals surface area contributed by atoms with Gasteiger partial charge in [-0.25, -0.2) is 13.1 Å². The van der Waals surface area contributed by atoms with Crippen molar-refractivity contribution in [2.75, 3.05) is 11.4 Å². The number of rotatable bonds is 4. The zero-order valence-electron chi connectivity index (χ0n) is 14.7. The van der Waals surface area contributed by atoms with Gasteiger partial charge in [-0.2, -0.15) is 0 Å². The molecule has 136 valence electrons. The second kappa shape index (κ2) is 6.21. The van der Waals surface area contributed by atoms with Gasteiger partial charge in [0.25, 0.3) is 0 Å². The minimum atomic E-state index is -3.63. The van der Waals surface area contributed by atoms with Gasteiger partial charge in [0, 0.05) is 19.2 Å². The van der Waals surface area contributed by atoms with E-state index in [4.69, 9.17) is 0 Å². The molecule has 0 spiro atoms. The van der Waals surface area contributed by atoms with Crippen LogP contribution in [-0.4, -0.2) is 20.9 Å². The lowest BCUT2D eigenvalue weighted by Gasteiger charge is -2.29. The van der Waals surface area contributed by atoms with Crippen LogP contribution in [-0.2, 0) is 26.8 Å². The molecule has 1 fully saturated rings. The molecule has 0 unspecified atom stereocenters. The highest BCUT2D eigenvalue weighted by Crippen LogP contribution is 2.46. The van der Waals surface area contributed by atoms with Crippen molar-refractivity contribution >= 4 is 21.6 Å². The van der Waals surface area contributed by atoms with Crippen LogP contribution in [0.25, 0.3) is 0 Å². The van der Waals surface area contributed by atoms with Gasteiger partial charge in [0.15, 0.2) is 0 Å². The number of sulfonamides is 1. The van der Waals surface area contributed by atoms with Crippen LogP contribution in [0.15, 0.2) is 53.4 Å². The van der Waals surface area contributed by atoms with Crippen molar-refractivity contribution in [3.63, 3.8) is 0 Å². The molecule has 0 radical (unpaired) electrons. The van der Waals surface area contributed by atoms with Gasteiger partial charge in [0.2, 0.25) is 15.9 Å². The van der Waals surface area contributed by atoms with E-state index in [2.05, 4.69) is 4.72 Å². The highest BCUT2D eigenvalue weighted by atomic mass is 32.2. The molecular weight excluding hydrogens is 348 g/mol. The smallest absolute Gasteiger partial charge is 0.241 e. The summed E-state index contributed by atoms with van der Waals surface area (Å²) in [4.78, 5) is 13.8. The maximum Gasteiger partial charge on any atom is 0.241 e. The molecule has 0 atom stereocenters. The van der Waals surface area contributed by atoms with Gasteiger partial charge in [0.05, 0.1) is 10.4 Å². The fourth-order valence-corrected chi connectivity index (χ4v) is 5.21. The van der Waals surface area contributed by atoms with Crippen molar-refractivity contribution in [3.8, 4) is 0 Å². The summed E-state index contributed by atoms with van der Waals surface area (Å²) in [6.45, 7) is 2.22. The molecule has 1 aliphatic carbocycles. The second-order valence-corrected chi connectivity index (χ2v) is 8.80. The number of amides is 1. The van der Waals surface area contributed by atoms with Gasteiger partial charge in [-0.1, -0.05) is 30.3 Å². The Balaban J connectivity index is 1.64. The maximum absolute atomic E-state index is 13.0. The number of hydrogen-bond acceptors (Lipinski definition) is 3. The summed E-state index contributed by atoms with van der Waals surface area (Å²) in [5.41, 5.74) is 2.26. The molecule has 1 saturated carbocycles. The van der Waals surface area contributed by atoms with Crippen molar-refractivity contribution in [1.82, 2.24) is 4.72 Å². The highest BCUT2D eigenvalue weighted by molar-refractivity contribution is 7.89. The minimum Gasteiger partial charge on any atom is -0.312 e. The third-order valence-corrected chi connectivity index (χ3v) is 6.80. The summed E-state index contributed by atoms with van der Waals surface area (Å²) < 4.78 is 28.9. The van der Waals surface area contributed by atoms with Crippen LogP contribution in [0.1, 0.15) is 37.3 Å². The van der Waals surface area contributed by atoms with Crippen LogP contribution in [0.2, 0.25) is 0 Å². The van der Waals surface area contributed by atoms with Gasteiger partial charge >= 0.3 is 0 Å². The van der Waals surface area contributed by atoms with Gasteiger partial charge in [-0.3, -0.25) is 4.79 Å². The lowest BCUT2D eigenvalue weighted by atomic mass is 10.0. The number of aryl methyl sites for hydroxylation is 1. The van der Waals surface area contributed by atoms with Gasteiger partial charge < -0.3 is 4.90 Å². The van der Waals surface area contributed by atoms with Crippen molar-refractivity contribution in [2.24, 2.45) is 0 Å². The normalized spacial score (nSPS) is 18.3. The summed E-state index contributed by atoms with van der Waals surface area (Å²) in [5.74, 6) is -0.0132. The molecule has 2 aromatic carbocycles. The fourth-order valence-electron chi connectivity index (χ4n) is 3.72. The van der Waals surface area contributed by atoms with Crippen molar-refractivity contribution < 1.29 is 13.2 Å². The van der Waals surface area contributed by atoms with Crippen LogP contribution in [0.3, 0.4) is 0 Å². The number of carbonyl (C=O) groups is 1. The predicted octanol–water partition coefficient (Wildman–Crippen LogP) is 2.95. The maximum atomic E-state index is 13.0. The number of anilines is 1.